The Hall–Kier alpha value is -3.19. The molecule has 4 rings (SSSR count). The first-order chi connectivity index (χ1) is 14.0. The quantitative estimate of drug-likeness (QED) is 0.721. The van der Waals surface area contributed by atoms with E-state index in [0.717, 1.165) is 22.4 Å². The Kier molecular flexibility index (Phi) is 5.07. The number of aromatic nitrogens is 3. The molecule has 0 aliphatic carbocycles. The van der Waals surface area contributed by atoms with Crippen LogP contribution in [0.4, 0.5) is 0 Å². The molecule has 3 aromatic rings. The molecule has 0 saturated carbocycles. The maximum Gasteiger partial charge on any atom is 0.276 e. The number of aliphatic hydroxyl groups is 1. The van der Waals surface area contributed by atoms with Crippen LogP contribution in [0.1, 0.15) is 33.6 Å². The monoisotopic (exact) mass is 392 g/mol. The van der Waals surface area contributed by atoms with E-state index in [-0.39, 0.29) is 18.1 Å². The fourth-order valence-electron chi connectivity index (χ4n) is 3.84. The molecule has 1 aromatic heterocycles. The van der Waals surface area contributed by atoms with Gasteiger partial charge in [0.25, 0.3) is 5.91 Å². The number of likely N-dealkylation sites (tertiary alicyclic amines) is 1. The number of benzene rings is 2. The second kappa shape index (κ2) is 7.67. The molecule has 0 spiro atoms. The highest BCUT2D eigenvalue weighted by molar-refractivity contribution is 5.92. The van der Waals surface area contributed by atoms with Gasteiger partial charge in [0, 0.05) is 6.54 Å². The number of carbonyl (C=O) groups is 1. The van der Waals surface area contributed by atoms with Crippen LogP contribution >= 0.6 is 0 Å². The normalized spacial score (nSPS) is 18.8. The predicted molar refractivity (Wildman–Crippen MR) is 108 cm³/mol. The summed E-state index contributed by atoms with van der Waals surface area (Å²) < 4.78 is 6.80. The lowest BCUT2D eigenvalue weighted by Gasteiger charge is -2.25. The number of β-amino-alcohol motifs (C(OH)–C–C–N with tert-alkyl or cyclic N) is 1. The van der Waals surface area contributed by atoms with Crippen LogP contribution in [0.25, 0.3) is 0 Å². The van der Waals surface area contributed by atoms with Crippen molar-refractivity contribution < 1.29 is 14.6 Å². The van der Waals surface area contributed by atoms with E-state index >= 15 is 0 Å². The number of ether oxygens (including phenoxy) is 1. The van der Waals surface area contributed by atoms with Crippen molar-refractivity contribution in [2.75, 3.05) is 20.2 Å². The summed E-state index contributed by atoms with van der Waals surface area (Å²) in [4.78, 5) is 14.5. The molecule has 1 aliphatic heterocycles. The number of rotatable bonds is 5. The van der Waals surface area contributed by atoms with Crippen LogP contribution in [0.2, 0.25) is 0 Å². The van der Waals surface area contributed by atoms with Crippen LogP contribution < -0.4 is 4.74 Å². The number of methoxy groups -OCH3 is 1. The van der Waals surface area contributed by atoms with Crippen molar-refractivity contribution in [1.82, 2.24) is 19.9 Å². The maximum absolute atomic E-state index is 12.9. The minimum absolute atomic E-state index is 0.213. The molecular weight excluding hydrogens is 368 g/mol. The second-order valence-corrected chi connectivity index (χ2v) is 7.47. The molecule has 0 radical (unpaired) electrons. The lowest BCUT2D eigenvalue weighted by molar-refractivity contribution is 0.0410. The van der Waals surface area contributed by atoms with E-state index in [1.165, 1.54) is 0 Å². The van der Waals surface area contributed by atoms with E-state index in [1.54, 1.807) is 22.9 Å². The first-order valence-electron chi connectivity index (χ1n) is 9.59. The Bertz CT molecular complexity index is 1010. The number of aryl methyl sites for hydroxylation is 1. The third kappa shape index (κ3) is 3.86. The summed E-state index contributed by atoms with van der Waals surface area (Å²) in [6.07, 6.45) is 2.15. The van der Waals surface area contributed by atoms with Crippen molar-refractivity contribution in [3.05, 3.63) is 77.1 Å². The van der Waals surface area contributed by atoms with Crippen LogP contribution in [-0.4, -0.2) is 51.1 Å². The summed E-state index contributed by atoms with van der Waals surface area (Å²) in [6.45, 7) is 3.22. The molecule has 0 bridgehead atoms. The maximum atomic E-state index is 12.9. The third-order valence-corrected chi connectivity index (χ3v) is 5.44. The minimum Gasteiger partial charge on any atom is -0.497 e. The van der Waals surface area contributed by atoms with E-state index in [1.807, 2.05) is 55.5 Å². The third-order valence-electron chi connectivity index (χ3n) is 5.44. The number of hydrogen-bond donors (Lipinski definition) is 1. The van der Waals surface area contributed by atoms with Gasteiger partial charge in [0.1, 0.15) is 11.4 Å². The van der Waals surface area contributed by atoms with E-state index < -0.39 is 5.60 Å². The van der Waals surface area contributed by atoms with Crippen molar-refractivity contribution in [1.29, 1.82) is 0 Å². The minimum atomic E-state index is -1.03. The standard InChI is InChI=1S/C22H24N4O3/c1-16-5-3-4-6-19(16)22(28)11-12-25(15-22)21(27)20-14-26(24-23-20)13-17-7-9-18(29-2)10-8-17/h3-10,14,28H,11-13,15H2,1-2H3. The van der Waals surface area contributed by atoms with Crippen LogP contribution in [0.5, 0.6) is 5.75 Å². The van der Waals surface area contributed by atoms with Crippen LogP contribution in [0.15, 0.2) is 54.7 Å². The molecule has 150 valence electrons. The fraction of sp³-hybridized carbons (Fsp3) is 0.318. The van der Waals surface area contributed by atoms with Gasteiger partial charge >= 0.3 is 0 Å². The van der Waals surface area contributed by atoms with E-state index in [9.17, 15) is 9.90 Å². The van der Waals surface area contributed by atoms with Gasteiger partial charge in [-0.3, -0.25) is 4.79 Å². The zero-order chi connectivity index (χ0) is 20.4. The van der Waals surface area contributed by atoms with Crippen molar-refractivity contribution >= 4 is 5.91 Å². The summed E-state index contributed by atoms with van der Waals surface area (Å²) in [7, 11) is 1.63. The van der Waals surface area contributed by atoms with Crippen molar-refractivity contribution in [3.8, 4) is 5.75 Å². The second-order valence-electron chi connectivity index (χ2n) is 7.47. The Balaban J connectivity index is 1.45. The van der Waals surface area contributed by atoms with Gasteiger partial charge in [-0.15, -0.1) is 5.10 Å². The number of hydrogen-bond acceptors (Lipinski definition) is 5. The van der Waals surface area contributed by atoms with E-state index in [4.69, 9.17) is 4.74 Å². The number of amides is 1. The molecule has 29 heavy (non-hydrogen) atoms. The van der Waals surface area contributed by atoms with Gasteiger partial charge in [-0.1, -0.05) is 41.6 Å². The summed E-state index contributed by atoms with van der Waals surface area (Å²) in [5.41, 5.74) is 2.19. The van der Waals surface area contributed by atoms with Gasteiger partial charge in [0.15, 0.2) is 5.69 Å². The van der Waals surface area contributed by atoms with Crippen molar-refractivity contribution in [3.63, 3.8) is 0 Å². The molecule has 1 amide bonds. The molecule has 2 heterocycles. The summed E-state index contributed by atoms with van der Waals surface area (Å²) in [6, 6.07) is 15.4. The molecular formula is C22H24N4O3. The van der Waals surface area contributed by atoms with Crippen LogP contribution in [0, 0.1) is 6.92 Å². The number of nitrogens with zero attached hydrogens (tertiary/aromatic N) is 4. The highest BCUT2D eigenvalue weighted by Crippen LogP contribution is 2.34. The van der Waals surface area contributed by atoms with Gasteiger partial charge < -0.3 is 14.7 Å². The Morgan fingerprint density at radius 2 is 1.97 bits per heavy atom. The highest BCUT2D eigenvalue weighted by Gasteiger charge is 2.41. The predicted octanol–water partition coefficient (Wildman–Crippen LogP) is 2.38. The van der Waals surface area contributed by atoms with Crippen LogP contribution in [-0.2, 0) is 12.1 Å². The molecule has 1 unspecified atom stereocenters. The Labute approximate surface area is 169 Å². The van der Waals surface area contributed by atoms with E-state index in [0.29, 0.717) is 19.5 Å². The van der Waals surface area contributed by atoms with E-state index in [2.05, 4.69) is 10.3 Å². The average molecular weight is 392 g/mol. The molecule has 1 saturated heterocycles. The summed E-state index contributed by atoms with van der Waals surface area (Å²) in [5, 5.41) is 19.2. The van der Waals surface area contributed by atoms with Gasteiger partial charge in [-0.05, 0) is 42.2 Å². The van der Waals surface area contributed by atoms with Gasteiger partial charge in [0.05, 0.1) is 26.4 Å². The molecule has 1 aliphatic rings. The van der Waals surface area contributed by atoms with Gasteiger partial charge in [-0.2, -0.15) is 0 Å². The lowest BCUT2D eigenvalue weighted by Crippen LogP contribution is -2.35. The number of carbonyl (C=O) groups excluding carboxylic acids is 1. The SMILES string of the molecule is COc1ccc(Cn2cc(C(=O)N3CCC(O)(c4ccccc4C)C3)nn2)cc1. The molecule has 1 N–H and O–H groups in total. The Morgan fingerprint density at radius 1 is 1.21 bits per heavy atom. The first-order valence-corrected chi connectivity index (χ1v) is 9.59. The zero-order valence-corrected chi connectivity index (χ0v) is 16.6. The average Bonchev–Trinajstić information content (AvgIpc) is 3.36. The van der Waals surface area contributed by atoms with Crippen molar-refractivity contribution in [2.24, 2.45) is 0 Å². The summed E-state index contributed by atoms with van der Waals surface area (Å²) >= 11 is 0. The fourth-order valence-corrected chi connectivity index (χ4v) is 3.84. The summed E-state index contributed by atoms with van der Waals surface area (Å²) in [5.74, 6) is 0.578. The topological polar surface area (TPSA) is 80.5 Å². The molecule has 7 nitrogen and oxygen atoms in total. The highest BCUT2D eigenvalue weighted by atomic mass is 16.5. The molecule has 2 aromatic carbocycles. The largest absolute Gasteiger partial charge is 0.497 e. The smallest absolute Gasteiger partial charge is 0.276 e. The molecule has 7 heteroatoms. The van der Waals surface area contributed by atoms with Gasteiger partial charge in [0.2, 0.25) is 0 Å². The Morgan fingerprint density at radius 3 is 2.69 bits per heavy atom. The first kappa shape index (κ1) is 19.1. The molecule has 1 atom stereocenters. The molecule has 1 fully saturated rings. The van der Waals surface area contributed by atoms with Gasteiger partial charge in [-0.25, -0.2) is 4.68 Å². The lowest BCUT2D eigenvalue weighted by atomic mass is 9.89. The zero-order valence-electron chi connectivity index (χ0n) is 16.6. The van der Waals surface area contributed by atoms with Crippen molar-refractivity contribution in [2.45, 2.75) is 25.5 Å². The van der Waals surface area contributed by atoms with Crippen LogP contribution in [0.3, 0.4) is 0 Å².